The molecular formula is C8H13N5O2. The highest BCUT2D eigenvalue weighted by atomic mass is 16.4. The van der Waals surface area contributed by atoms with E-state index in [1.165, 1.54) is 22.4 Å². The van der Waals surface area contributed by atoms with Crippen LogP contribution in [0.2, 0.25) is 0 Å². The lowest BCUT2D eigenvalue weighted by Crippen LogP contribution is -3.08. The maximum atomic E-state index is 10.4. The van der Waals surface area contributed by atoms with Crippen molar-refractivity contribution in [3.8, 4) is 0 Å². The molecule has 1 saturated heterocycles. The Hall–Kier alpha value is -1.50. The van der Waals surface area contributed by atoms with Crippen LogP contribution >= 0.6 is 0 Å². The van der Waals surface area contributed by atoms with Gasteiger partial charge in [0, 0.05) is 12.8 Å². The van der Waals surface area contributed by atoms with Gasteiger partial charge < -0.3 is 14.8 Å². The number of carbonyl (C=O) groups excluding carboxylic acids is 1. The highest BCUT2D eigenvalue weighted by molar-refractivity contribution is 5.63. The molecule has 82 valence electrons. The number of tetrazole rings is 1. The molecule has 0 spiro atoms. The summed E-state index contributed by atoms with van der Waals surface area (Å²) in [6.07, 6.45) is 2.44. The zero-order valence-corrected chi connectivity index (χ0v) is 8.35. The first-order valence-corrected chi connectivity index (χ1v) is 5.04. The molecule has 7 nitrogen and oxygen atoms in total. The third-order valence-electron chi connectivity index (χ3n) is 2.60. The largest absolute Gasteiger partial charge is 0.548 e. The van der Waals surface area contributed by atoms with Crippen molar-refractivity contribution in [2.75, 3.05) is 13.1 Å². The van der Waals surface area contributed by atoms with Crippen LogP contribution in [0.1, 0.15) is 18.7 Å². The summed E-state index contributed by atoms with van der Waals surface area (Å²) in [7, 11) is 0. The van der Waals surface area contributed by atoms with E-state index in [4.69, 9.17) is 0 Å². The number of aliphatic carboxylic acids is 1. The van der Waals surface area contributed by atoms with Crippen LogP contribution < -0.4 is 10.0 Å². The number of carboxylic acid groups (broad SMARTS) is 1. The van der Waals surface area contributed by atoms with Gasteiger partial charge in [-0.05, 0) is 10.4 Å². The quantitative estimate of drug-likeness (QED) is 0.561. The average Bonchev–Trinajstić information content (AvgIpc) is 2.78. The topological polar surface area (TPSA) is 88.2 Å². The fourth-order valence-corrected chi connectivity index (χ4v) is 1.87. The van der Waals surface area contributed by atoms with E-state index in [-0.39, 0.29) is 6.54 Å². The molecule has 0 aliphatic carbocycles. The minimum atomic E-state index is -1.17. The molecule has 2 heterocycles. The Morgan fingerprint density at radius 2 is 2.20 bits per heavy atom. The third-order valence-corrected chi connectivity index (χ3v) is 2.60. The predicted octanol–water partition coefficient (Wildman–Crippen LogP) is -3.40. The molecule has 1 fully saturated rings. The molecule has 2 rings (SSSR count). The molecule has 0 unspecified atom stereocenters. The first kappa shape index (κ1) is 10.0. The zero-order valence-electron chi connectivity index (χ0n) is 8.35. The Labute approximate surface area is 86.7 Å². The molecule has 0 amide bonds. The Kier molecular flexibility index (Phi) is 2.91. The second-order valence-corrected chi connectivity index (χ2v) is 3.76. The fraction of sp³-hybridized carbons (Fsp3) is 0.750. The molecular weight excluding hydrogens is 198 g/mol. The highest BCUT2D eigenvalue weighted by Gasteiger charge is 2.19. The second kappa shape index (κ2) is 4.35. The molecule has 1 N–H and O–H groups in total. The summed E-state index contributed by atoms with van der Waals surface area (Å²) in [5.74, 6) is -0.545. The number of carboxylic acids is 1. The number of hydrogen-bond donors (Lipinski definition) is 1. The first-order valence-electron chi connectivity index (χ1n) is 5.04. The van der Waals surface area contributed by atoms with Crippen LogP contribution in [0.5, 0.6) is 0 Å². The molecule has 7 heteroatoms. The van der Waals surface area contributed by atoms with E-state index in [0.717, 1.165) is 13.1 Å². The molecule has 0 bridgehead atoms. The Balaban J connectivity index is 2.00. The van der Waals surface area contributed by atoms with Gasteiger partial charge in [-0.15, -0.1) is 5.10 Å². The van der Waals surface area contributed by atoms with E-state index in [9.17, 15) is 9.90 Å². The van der Waals surface area contributed by atoms with Gasteiger partial charge in [0.15, 0.2) is 0 Å². The minimum absolute atomic E-state index is 0.268. The van der Waals surface area contributed by atoms with Crippen LogP contribution in [-0.2, 0) is 17.9 Å². The van der Waals surface area contributed by atoms with Gasteiger partial charge in [-0.1, -0.05) is 0 Å². The first-order chi connectivity index (χ1) is 7.25. The van der Waals surface area contributed by atoms with Gasteiger partial charge in [-0.2, -0.15) is 0 Å². The maximum Gasteiger partial charge on any atom is 0.206 e. The van der Waals surface area contributed by atoms with Crippen molar-refractivity contribution in [3.63, 3.8) is 0 Å². The number of nitrogens with zero attached hydrogens (tertiary/aromatic N) is 4. The lowest BCUT2D eigenvalue weighted by atomic mass is 10.4. The molecule has 1 aliphatic heterocycles. The molecule has 1 aliphatic rings. The van der Waals surface area contributed by atoms with Crippen molar-refractivity contribution in [3.05, 3.63) is 5.82 Å². The number of quaternary nitrogens is 1. The number of rotatable bonds is 4. The number of nitrogens with one attached hydrogen (secondary N) is 1. The van der Waals surface area contributed by atoms with Crippen molar-refractivity contribution in [1.82, 2.24) is 20.2 Å². The van der Waals surface area contributed by atoms with Gasteiger partial charge in [-0.3, -0.25) is 0 Å². The zero-order chi connectivity index (χ0) is 10.7. The van der Waals surface area contributed by atoms with E-state index in [2.05, 4.69) is 15.5 Å². The Morgan fingerprint density at radius 3 is 2.87 bits per heavy atom. The van der Waals surface area contributed by atoms with Crippen molar-refractivity contribution >= 4 is 5.97 Å². The smallest absolute Gasteiger partial charge is 0.206 e. The van der Waals surface area contributed by atoms with E-state index in [0.29, 0.717) is 12.4 Å². The summed E-state index contributed by atoms with van der Waals surface area (Å²) in [4.78, 5) is 11.8. The molecule has 1 aromatic rings. The monoisotopic (exact) mass is 211 g/mol. The number of carbonyl (C=O) groups is 1. The van der Waals surface area contributed by atoms with Gasteiger partial charge in [0.2, 0.25) is 5.82 Å². The van der Waals surface area contributed by atoms with Crippen LogP contribution in [0.15, 0.2) is 0 Å². The van der Waals surface area contributed by atoms with E-state index in [1.807, 2.05) is 0 Å². The van der Waals surface area contributed by atoms with Crippen LogP contribution in [0, 0.1) is 0 Å². The normalized spacial score (nSPS) is 17.1. The minimum Gasteiger partial charge on any atom is -0.548 e. The molecule has 15 heavy (non-hydrogen) atoms. The summed E-state index contributed by atoms with van der Waals surface area (Å²) < 4.78 is 1.29. The Morgan fingerprint density at radius 1 is 1.47 bits per heavy atom. The summed E-state index contributed by atoms with van der Waals surface area (Å²) in [5, 5.41) is 21.3. The van der Waals surface area contributed by atoms with Crippen LogP contribution in [0.4, 0.5) is 0 Å². The van der Waals surface area contributed by atoms with Crippen molar-refractivity contribution in [1.29, 1.82) is 0 Å². The van der Waals surface area contributed by atoms with E-state index < -0.39 is 5.97 Å². The molecule has 0 aromatic carbocycles. The van der Waals surface area contributed by atoms with Crippen molar-refractivity contribution < 1.29 is 14.8 Å². The lowest BCUT2D eigenvalue weighted by Gasteiger charge is -2.11. The van der Waals surface area contributed by atoms with Crippen LogP contribution in [-0.4, -0.2) is 39.3 Å². The van der Waals surface area contributed by atoms with Gasteiger partial charge in [0.05, 0.1) is 25.6 Å². The fourth-order valence-electron chi connectivity index (χ4n) is 1.87. The number of hydrogen-bond acceptors (Lipinski definition) is 5. The number of likely N-dealkylation sites (tertiary alicyclic amines) is 1. The number of aromatic nitrogens is 4. The second-order valence-electron chi connectivity index (χ2n) is 3.76. The van der Waals surface area contributed by atoms with Gasteiger partial charge in [-0.25, -0.2) is 4.68 Å². The SMILES string of the molecule is O=C([O-])Cn1nnnc1C[NH+]1CCCC1. The van der Waals surface area contributed by atoms with Gasteiger partial charge in [0.1, 0.15) is 6.54 Å². The van der Waals surface area contributed by atoms with Gasteiger partial charge in [0.25, 0.3) is 0 Å². The predicted molar refractivity (Wildman–Crippen MR) is 46.5 cm³/mol. The summed E-state index contributed by atoms with van der Waals surface area (Å²) in [5.41, 5.74) is 0. The summed E-state index contributed by atoms with van der Waals surface area (Å²) >= 11 is 0. The van der Waals surface area contributed by atoms with Crippen LogP contribution in [0.25, 0.3) is 0 Å². The maximum absolute atomic E-state index is 10.4. The highest BCUT2D eigenvalue weighted by Crippen LogP contribution is 1.93. The summed E-state index contributed by atoms with van der Waals surface area (Å²) in [6.45, 7) is 2.65. The molecule has 0 saturated carbocycles. The Bertz CT molecular complexity index is 345. The lowest BCUT2D eigenvalue weighted by molar-refractivity contribution is -0.902. The summed E-state index contributed by atoms with van der Waals surface area (Å²) in [6, 6.07) is 0. The van der Waals surface area contributed by atoms with Crippen LogP contribution in [0.3, 0.4) is 0 Å². The third kappa shape index (κ3) is 2.50. The average molecular weight is 211 g/mol. The molecule has 1 aromatic heterocycles. The van der Waals surface area contributed by atoms with Crippen molar-refractivity contribution in [2.45, 2.75) is 25.9 Å². The van der Waals surface area contributed by atoms with Gasteiger partial charge >= 0.3 is 0 Å². The standard InChI is InChI=1S/C8H13N5O2/c14-8(15)6-13-7(9-10-11-13)5-12-3-1-2-4-12/h1-6H2,(H,14,15). The van der Waals surface area contributed by atoms with E-state index in [1.54, 1.807) is 0 Å². The molecule has 0 radical (unpaired) electrons. The van der Waals surface area contributed by atoms with Crippen molar-refractivity contribution in [2.24, 2.45) is 0 Å². The molecule has 0 atom stereocenters. The van der Waals surface area contributed by atoms with E-state index >= 15 is 0 Å².